The van der Waals surface area contributed by atoms with E-state index < -0.39 is 0 Å². The smallest absolute Gasteiger partial charge is 0.271 e. The fourth-order valence-electron chi connectivity index (χ4n) is 3.34. The maximum atomic E-state index is 13.2. The van der Waals surface area contributed by atoms with Gasteiger partial charge in [-0.25, -0.2) is 0 Å². The number of thiazole rings is 1. The molecule has 148 valence electrons. The van der Waals surface area contributed by atoms with Crippen molar-refractivity contribution in [2.75, 3.05) is 11.9 Å². The molecule has 0 radical (unpaired) electrons. The lowest BCUT2D eigenvalue weighted by Gasteiger charge is -2.12. The Kier molecular flexibility index (Phi) is 5.67. The van der Waals surface area contributed by atoms with Gasteiger partial charge in [0.25, 0.3) is 5.56 Å². The van der Waals surface area contributed by atoms with Crippen molar-refractivity contribution in [3.8, 4) is 0 Å². The van der Waals surface area contributed by atoms with Crippen molar-refractivity contribution in [3.63, 3.8) is 0 Å². The fourth-order valence-corrected chi connectivity index (χ4v) is 5.95. The van der Waals surface area contributed by atoms with Crippen LogP contribution in [0.2, 0.25) is 5.02 Å². The molecule has 2 aromatic heterocycles. The summed E-state index contributed by atoms with van der Waals surface area (Å²) in [5, 5.41) is 1.64. The summed E-state index contributed by atoms with van der Waals surface area (Å²) in [6.07, 6.45) is 5.96. The number of benzene rings is 1. The third-order valence-corrected chi connectivity index (χ3v) is 7.51. The SMILES string of the molecule is C=CC[n+]1ccccc1C=c1sc(=C2Sc3ccc(Cl)cc3N2C)c(=O)n1CC. The molecule has 0 amide bonds. The lowest BCUT2D eigenvalue weighted by Crippen LogP contribution is -2.37. The van der Waals surface area contributed by atoms with Crippen molar-refractivity contribution in [2.24, 2.45) is 0 Å². The first-order valence-corrected chi connectivity index (χ1v) is 11.3. The third kappa shape index (κ3) is 3.68. The highest BCUT2D eigenvalue weighted by Crippen LogP contribution is 2.46. The minimum absolute atomic E-state index is 0.0446. The minimum atomic E-state index is 0.0446. The monoisotopic (exact) mass is 442 g/mol. The Balaban J connectivity index is 1.92. The van der Waals surface area contributed by atoms with Crippen LogP contribution in [0.5, 0.6) is 0 Å². The summed E-state index contributed by atoms with van der Waals surface area (Å²) >= 11 is 9.32. The maximum Gasteiger partial charge on any atom is 0.271 e. The van der Waals surface area contributed by atoms with Crippen LogP contribution in [-0.4, -0.2) is 11.6 Å². The van der Waals surface area contributed by atoms with Crippen molar-refractivity contribution in [1.82, 2.24) is 4.57 Å². The van der Waals surface area contributed by atoms with Crippen LogP contribution < -0.4 is 24.2 Å². The number of aromatic nitrogens is 2. The van der Waals surface area contributed by atoms with E-state index in [1.165, 1.54) is 11.3 Å². The molecule has 0 unspecified atom stereocenters. The number of hydrogen-bond acceptors (Lipinski definition) is 4. The Morgan fingerprint density at radius 3 is 2.86 bits per heavy atom. The molecule has 1 aliphatic rings. The molecule has 0 aliphatic carbocycles. The van der Waals surface area contributed by atoms with Crippen molar-refractivity contribution < 1.29 is 4.57 Å². The minimum Gasteiger partial charge on any atom is -0.337 e. The highest BCUT2D eigenvalue weighted by molar-refractivity contribution is 8.08. The van der Waals surface area contributed by atoms with Gasteiger partial charge in [-0.2, -0.15) is 4.57 Å². The van der Waals surface area contributed by atoms with Crippen LogP contribution >= 0.6 is 34.7 Å². The molecule has 0 atom stereocenters. The second kappa shape index (κ2) is 8.22. The average Bonchev–Trinajstić information content (AvgIpc) is 3.20. The van der Waals surface area contributed by atoms with Gasteiger partial charge in [0, 0.05) is 41.7 Å². The summed E-state index contributed by atoms with van der Waals surface area (Å²) in [5.41, 5.74) is 2.11. The number of thioether (sulfide) groups is 1. The Bertz CT molecular complexity index is 1280. The number of fused-ring (bicyclic) bond motifs is 1. The average molecular weight is 443 g/mol. The van der Waals surface area contributed by atoms with Gasteiger partial charge < -0.3 is 4.90 Å². The van der Waals surface area contributed by atoms with Crippen LogP contribution in [-0.2, 0) is 13.1 Å². The standard InChI is InChI=1S/C22H21ClN3OS2/c1-4-11-25-12-7-6-8-16(25)14-19-26(5-2)21(27)20(29-19)22-24(3)17-13-15(23)9-10-18(17)28-22/h4,6-10,12-14H,1,5,11H2,2-3H3/q+1. The third-order valence-electron chi connectivity index (χ3n) is 4.79. The lowest BCUT2D eigenvalue weighted by atomic mass is 10.3. The Labute approximate surface area is 182 Å². The van der Waals surface area contributed by atoms with Gasteiger partial charge in [-0.05, 0) is 37.3 Å². The van der Waals surface area contributed by atoms with Crippen LogP contribution in [0.15, 0.2) is 64.9 Å². The van der Waals surface area contributed by atoms with E-state index >= 15 is 0 Å². The van der Waals surface area contributed by atoms with Gasteiger partial charge in [-0.3, -0.25) is 9.36 Å². The molecule has 0 N–H and O–H groups in total. The molecule has 3 aromatic rings. The number of anilines is 1. The van der Waals surface area contributed by atoms with Gasteiger partial charge in [-0.1, -0.05) is 29.9 Å². The van der Waals surface area contributed by atoms with Crippen LogP contribution in [0, 0.1) is 0 Å². The van der Waals surface area contributed by atoms with Crippen LogP contribution in [0.3, 0.4) is 0 Å². The molecule has 0 spiro atoms. The quantitative estimate of drug-likeness (QED) is 0.459. The Morgan fingerprint density at radius 2 is 2.10 bits per heavy atom. The topological polar surface area (TPSA) is 29.1 Å². The predicted octanol–water partition coefficient (Wildman–Crippen LogP) is 3.19. The zero-order valence-corrected chi connectivity index (χ0v) is 18.7. The summed E-state index contributed by atoms with van der Waals surface area (Å²) in [6.45, 7) is 7.17. The van der Waals surface area contributed by atoms with Crippen LogP contribution in [0.1, 0.15) is 12.6 Å². The van der Waals surface area contributed by atoms with Gasteiger partial charge in [0.05, 0.1) is 5.69 Å². The van der Waals surface area contributed by atoms with E-state index in [-0.39, 0.29) is 5.56 Å². The van der Waals surface area contributed by atoms with Gasteiger partial charge in [0.2, 0.25) is 5.69 Å². The summed E-state index contributed by atoms with van der Waals surface area (Å²) in [7, 11) is 1.98. The summed E-state index contributed by atoms with van der Waals surface area (Å²) in [5.74, 6) is 0. The molecule has 3 heterocycles. The van der Waals surface area contributed by atoms with Gasteiger partial charge >= 0.3 is 0 Å². The van der Waals surface area contributed by atoms with Crippen molar-refractivity contribution in [2.45, 2.75) is 24.9 Å². The van der Waals surface area contributed by atoms with E-state index in [9.17, 15) is 4.79 Å². The fraction of sp³-hybridized carbons (Fsp3) is 0.182. The zero-order chi connectivity index (χ0) is 20.5. The molecule has 1 aromatic carbocycles. The van der Waals surface area contributed by atoms with Crippen molar-refractivity contribution in [1.29, 1.82) is 0 Å². The number of halogens is 1. The van der Waals surface area contributed by atoms with Gasteiger partial charge in [-0.15, -0.1) is 11.3 Å². The molecule has 0 saturated heterocycles. The molecule has 1 aliphatic heterocycles. The van der Waals surface area contributed by atoms with E-state index in [0.717, 1.165) is 30.5 Å². The number of pyridine rings is 1. The lowest BCUT2D eigenvalue weighted by molar-refractivity contribution is -0.688. The van der Waals surface area contributed by atoms with E-state index in [4.69, 9.17) is 11.6 Å². The first-order chi connectivity index (χ1) is 14.0. The molecule has 7 heteroatoms. The Hall–Kier alpha value is -2.28. The van der Waals surface area contributed by atoms with Crippen LogP contribution in [0.25, 0.3) is 11.1 Å². The molecule has 4 nitrogen and oxygen atoms in total. The number of nitrogens with zero attached hydrogens (tertiary/aromatic N) is 3. The van der Waals surface area contributed by atoms with Crippen molar-refractivity contribution >= 4 is 51.5 Å². The molecular formula is C22H21ClN3OS2+. The number of allylic oxidation sites excluding steroid dienone is 1. The summed E-state index contributed by atoms with van der Waals surface area (Å²) in [4.78, 5) is 16.4. The van der Waals surface area contributed by atoms with E-state index in [1.807, 2.05) is 61.1 Å². The first kappa shape index (κ1) is 20.0. The summed E-state index contributed by atoms with van der Waals surface area (Å²) < 4.78 is 5.64. The zero-order valence-electron chi connectivity index (χ0n) is 16.3. The highest BCUT2D eigenvalue weighted by Gasteiger charge is 2.25. The maximum absolute atomic E-state index is 13.2. The number of hydrogen-bond donors (Lipinski definition) is 0. The second-order valence-electron chi connectivity index (χ2n) is 6.61. The molecule has 0 fully saturated rings. The van der Waals surface area contributed by atoms with Gasteiger partial charge in [0.15, 0.2) is 12.7 Å². The molecular weight excluding hydrogens is 422 g/mol. The largest absolute Gasteiger partial charge is 0.337 e. The summed E-state index contributed by atoms with van der Waals surface area (Å²) in [6, 6.07) is 11.9. The number of rotatable bonds is 4. The predicted molar refractivity (Wildman–Crippen MR) is 123 cm³/mol. The Morgan fingerprint density at radius 1 is 1.28 bits per heavy atom. The molecule has 0 saturated carbocycles. The van der Waals surface area contributed by atoms with E-state index in [2.05, 4.69) is 28.2 Å². The molecule has 29 heavy (non-hydrogen) atoms. The first-order valence-electron chi connectivity index (χ1n) is 9.29. The second-order valence-corrected chi connectivity index (χ2v) is 9.11. The highest BCUT2D eigenvalue weighted by atomic mass is 35.5. The molecule has 0 bridgehead atoms. The normalized spacial score (nSPS) is 15.7. The van der Waals surface area contributed by atoms with E-state index in [1.54, 1.807) is 11.8 Å². The van der Waals surface area contributed by atoms with Gasteiger partial charge in [0.1, 0.15) is 14.2 Å². The van der Waals surface area contributed by atoms with Crippen molar-refractivity contribution in [3.05, 3.63) is 85.5 Å². The van der Waals surface area contributed by atoms with E-state index in [0.29, 0.717) is 18.1 Å². The molecule has 4 rings (SSSR count). The van der Waals surface area contributed by atoms with Crippen LogP contribution in [0.4, 0.5) is 5.69 Å².